The van der Waals surface area contributed by atoms with Gasteiger partial charge in [-0.2, -0.15) is 13.2 Å². The van der Waals surface area contributed by atoms with Crippen molar-refractivity contribution in [3.05, 3.63) is 71.8 Å². The van der Waals surface area contributed by atoms with Crippen molar-refractivity contribution in [2.24, 2.45) is 0 Å². The molecule has 2 aromatic rings. The maximum absolute atomic E-state index is 15.0. The first-order valence-electron chi connectivity index (χ1n) is 6.49. The normalized spacial score (nSPS) is 17.6. The Labute approximate surface area is 127 Å². The second kappa shape index (κ2) is 5.86. The molecule has 2 unspecified atom stereocenters. The fraction of sp³-hybridized carbons (Fsp3) is 0.250. The highest BCUT2D eigenvalue weighted by atomic mass is 19.4. The van der Waals surface area contributed by atoms with Crippen LogP contribution in [0.2, 0.25) is 0 Å². The van der Waals surface area contributed by atoms with Crippen LogP contribution in [0.4, 0.5) is 30.7 Å². The number of hydrogen-bond donors (Lipinski definition) is 0. The Balaban J connectivity index is 2.80. The van der Waals surface area contributed by atoms with E-state index >= 15 is 8.78 Å². The van der Waals surface area contributed by atoms with Crippen LogP contribution in [0.15, 0.2) is 60.7 Å². The van der Waals surface area contributed by atoms with Crippen molar-refractivity contribution in [1.82, 2.24) is 0 Å². The molecule has 0 saturated carbocycles. The Morgan fingerprint density at radius 2 is 1.00 bits per heavy atom. The number of hydrogen-bond acceptors (Lipinski definition) is 0. The van der Waals surface area contributed by atoms with Gasteiger partial charge in [0.2, 0.25) is 5.67 Å². The van der Waals surface area contributed by atoms with Crippen LogP contribution in [-0.2, 0) is 11.3 Å². The Hall–Kier alpha value is -2.05. The van der Waals surface area contributed by atoms with Gasteiger partial charge in [0.1, 0.15) is 0 Å². The summed E-state index contributed by atoms with van der Waals surface area (Å²) in [7, 11) is 0. The second-order valence-electron chi connectivity index (χ2n) is 4.90. The molecule has 0 N–H and O–H groups in total. The van der Waals surface area contributed by atoms with E-state index < -0.39 is 35.1 Å². The monoisotopic (exact) mass is 336 g/mol. The molecule has 2 aromatic carbocycles. The molecule has 0 aliphatic heterocycles. The molecule has 0 aliphatic carbocycles. The second-order valence-corrected chi connectivity index (χ2v) is 4.90. The van der Waals surface area contributed by atoms with Crippen LogP contribution in [0, 0.1) is 0 Å². The van der Waals surface area contributed by atoms with Crippen LogP contribution in [0.3, 0.4) is 0 Å². The molecule has 7 heteroatoms. The number of halogens is 7. The van der Waals surface area contributed by atoms with Gasteiger partial charge in [0.25, 0.3) is 12.1 Å². The van der Waals surface area contributed by atoms with Crippen LogP contribution in [-0.4, -0.2) is 12.6 Å². The topological polar surface area (TPSA) is 0 Å². The first-order chi connectivity index (χ1) is 10.7. The number of rotatable bonds is 4. The molecule has 2 atom stereocenters. The first kappa shape index (κ1) is 17.3. The van der Waals surface area contributed by atoms with Crippen LogP contribution >= 0.6 is 0 Å². The summed E-state index contributed by atoms with van der Waals surface area (Å²) in [4.78, 5) is 0. The van der Waals surface area contributed by atoms with E-state index in [4.69, 9.17) is 0 Å². The highest BCUT2D eigenvalue weighted by Gasteiger charge is 2.74. The van der Waals surface area contributed by atoms with Gasteiger partial charge in [0, 0.05) is 5.56 Å². The first-order valence-corrected chi connectivity index (χ1v) is 6.49. The molecule has 0 bridgehead atoms. The molecule has 0 fully saturated rings. The molecule has 2 rings (SSSR count). The fourth-order valence-corrected chi connectivity index (χ4v) is 2.40. The summed E-state index contributed by atoms with van der Waals surface area (Å²) in [5.74, 6) is 0. The Bertz CT molecular complexity index is 638. The third kappa shape index (κ3) is 2.58. The molecular weight excluding hydrogens is 325 g/mol. The van der Waals surface area contributed by atoms with Crippen molar-refractivity contribution in [2.45, 2.75) is 23.9 Å². The Morgan fingerprint density at radius 3 is 1.35 bits per heavy atom. The summed E-state index contributed by atoms with van der Waals surface area (Å²) >= 11 is 0. The molecule has 23 heavy (non-hydrogen) atoms. The lowest BCUT2D eigenvalue weighted by atomic mass is 9.75. The van der Waals surface area contributed by atoms with Gasteiger partial charge in [-0.1, -0.05) is 60.7 Å². The van der Waals surface area contributed by atoms with E-state index in [9.17, 15) is 22.0 Å². The lowest BCUT2D eigenvalue weighted by Gasteiger charge is -2.40. The molecule has 0 nitrogen and oxygen atoms in total. The quantitative estimate of drug-likeness (QED) is 0.643. The SMILES string of the molecule is FC(F)C(F)(c1ccccc1)C(F)(c1ccccc1)C(F)(F)F. The van der Waals surface area contributed by atoms with E-state index in [0.717, 1.165) is 24.3 Å². The maximum Gasteiger partial charge on any atom is 0.430 e. The highest BCUT2D eigenvalue weighted by molar-refractivity contribution is 5.36. The predicted molar refractivity (Wildman–Crippen MR) is 70.5 cm³/mol. The van der Waals surface area contributed by atoms with Gasteiger partial charge in [-0.05, 0) is 5.56 Å². The van der Waals surface area contributed by atoms with Gasteiger partial charge in [0.15, 0.2) is 0 Å². The third-order valence-corrected chi connectivity index (χ3v) is 3.56. The van der Waals surface area contributed by atoms with Crippen LogP contribution in [0.1, 0.15) is 11.1 Å². The fourth-order valence-electron chi connectivity index (χ4n) is 2.40. The van der Waals surface area contributed by atoms with Gasteiger partial charge >= 0.3 is 6.18 Å². The molecule has 0 saturated heterocycles. The minimum atomic E-state index is -5.89. The average Bonchev–Trinajstić information content (AvgIpc) is 2.53. The van der Waals surface area contributed by atoms with Crippen LogP contribution in [0.25, 0.3) is 0 Å². The van der Waals surface area contributed by atoms with Gasteiger partial charge in [-0.3, -0.25) is 0 Å². The maximum atomic E-state index is 15.0. The summed E-state index contributed by atoms with van der Waals surface area (Å²) in [5, 5.41) is 0. The standard InChI is InChI=1S/C16H11F7/c17-13(18)14(19,11-7-3-1-4-8-11)15(20,16(21,22)23)12-9-5-2-6-10-12/h1-10,13H. The smallest absolute Gasteiger partial charge is 0.228 e. The van der Waals surface area contributed by atoms with E-state index in [1.807, 2.05) is 0 Å². The van der Waals surface area contributed by atoms with Gasteiger partial charge < -0.3 is 0 Å². The van der Waals surface area contributed by atoms with Crippen molar-refractivity contribution in [3.8, 4) is 0 Å². The van der Waals surface area contributed by atoms with Crippen molar-refractivity contribution in [3.63, 3.8) is 0 Å². The lowest BCUT2D eigenvalue weighted by molar-refractivity contribution is -0.304. The van der Waals surface area contributed by atoms with E-state index in [2.05, 4.69) is 0 Å². The number of alkyl halides is 7. The summed E-state index contributed by atoms with van der Waals surface area (Å²) in [6.07, 6.45) is -10.1. The summed E-state index contributed by atoms with van der Waals surface area (Å²) < 4.78 is 96.9. The Kier molecular flexibility index (Phi) is 4.41. The highest BCUT2D eigenvalue weighted by Crippen LogP contribution is 2.58. The zero-order valence-electron chi connectivity index (χ0n) is 11.5. The number of benzene rings is 2. The van der Waals surface area contributed by atoms with E-state index in [1.165, 1.54) is 12.1 Å². The summed E-state index contributed by atoms with van der Waals surface area (Å²) in [5.41, 5.74) is -11.8. The van der Waals surface area contributed by atoms with Crippen molar-refractivity contribution in [2.75, 3.05) is 0 Å². The van der Waals surface area contributed by atoms with Crippen LogP contribution in [0.5, 0.6) is 0 Å². The predicted octanol–water partition coefficient (Wildman–Crippen LogP) is 5.54. The lowest BCUT2D eigenvalue weighted by Crippen LogP contribution is -2.56. The minimum Gasteiger partial charge on any atom is -0.228 e. The molecular formula is C16H11F7. The van der Waals surface area contributed by atoms with Gasteiger partial charge in [-0.15, -0.1) is 0 Å². The van der Waals surface area contributed by atoms with E-state index in [0.29, 0.717) is 24.3 Å². The van der Waals surface area contributed by atoms with E-state index in [1.54, 1.807) is 0 Å². The largest absolute Gasteiger partial charge is 0.430 e. The van der Waals surface area contributed by atoms with Gasteiger partial charge in [-0.25, -0.2) is 17.6 Å². The molecule has 0 radical (unpaired) electrons. The summed E-state index contributed by atoms with van der Waals surface area (Å²) in [6.45, 7) is 0. The van der Waals surface area contributed by atoms with Crippen molar-refractivity contribution >= 4 is 0 Å². The molecule has 0 heterocycles. The zero-order valence-corrected chi connectivity index (χ0v) is 11.5. The van der Waals surface area contributed by atoms with Crippen LogP contribution < -0.4 is 0 Å². The van der Waals surface area contributed by atoms with Crippen molar-refractivity contribution < 1.29 is 30.7 Å². The average molecular weight is 336 g/mol. The molecule has 0 amide bonds. The van der Waals surface area contributed by atoms with E-state index in [-0.39, 0.29) is 0 Å². The molecule has 0 aromatic heterocycles. The molecule has 0 aliphatic rings. The Morgan fingerprint density at radius 1 is 0.609 bits per heavy atom. The molecule has 0 spiro atoms. The minimum absolute atomic E-state index is 0.632. The third-order valence-electron chi connectivity index (χ3n) is 3.56. The summed E-state index contributed by atoms with van der Waals surface area (Å²) in [6, 6.07) is 9.40. The molecule has 124 valence electrons. The van der Waals surface area contributed by atoms with Gasteiger partial charge in [0.05, 0.1) is 0 Å². The zero-order chi connectivity index (χ0) is 17.3. The van der Waals surface area contributed by atoms with Crippen molar-refractivity contribution in [1.29, 1.82) is 0 Å².